The summed E-state index contributed by atoms with van der Waals surface area (Å²) in [5.74, 6) is 0.565. The van der Waals surface area contributed by atoms with Crippen LogP contribution < -0.4 is 52.3 Å². The minimum atomic E-state index is -1.32. The van der Waals surface area contributed by atoms with Gasteiger partial charge in [0, 0.05) is 68.8 Å². The van der Waals surface area contributed by atoms with Crippen LogP contribution in [0.4, 0.5) is 44.5 Å². The van der Waals surface area contributed by atoms with Crippen LogP contribution >= 0.6 is 0 Å². The SMILES string of the molecule is O=C(CO)N[C@@H]1C[C@@H](O)[C@H](n2cnc3c(N[C@H]4CC[C@H](Nc5nc(N6CCC(NC(=O)Nc7cccnc7)C6)nc6c5ncn6[C@@H]5C[C@H](NC(=O)CO)[C@@H](O)[C@H]5O)CC4)nc(N4CC[C@@H](NC(=O)Nc5cccnc5)C4)nc32)C1. The van der Waals surface area contributed by atoms with Gasteiger partial charge in [0.25, 0.3) is 0 Å². The van der Waals surface area contributed by atoms with Crippen molar-refractivity contribution in [3.8, 4) is 0 Å². The number of aromatic nitrogens is 10. The van der Waals surface area contributed by atoms with Crippen molar-refractivity contribution in [3.05, 3.63) is 61.7 Å². The molecule has 29 nitrogen and oxygen atoms in total. The summed E-state index contributed by atoms with van der Waals surface area (Å²) < 4.78 is 3.52. The minimum absolute atomic E-state index is 0.0485. The lowest BCUT2D eigenvalue weighted by atomic mass is 9.91. The van der Waals surface area contributed by atoms with Crippen LogP contribution in [0.2, 0.25) is 0 Å². The second-order valence-corrected chi connectivity index (χ2v) is 20.9. The summed E-state index contributed by atoms with van der Waals surface area (Å²) in [7, 11) is 0. The quantitative estimate of drug-likeness (QED) is 0.0592. The first-order chi connectivity index (χ1) is 38.4. The second-order valence-electron chi connectivity index (χ2n) is 20.9. The molecule has 29 heteroatoms. The molecule has 6 aromatic heterocycles. The van der Waals surface area contributed by atoms with Crippen molar-refractivity contribution in [2.24, 2.45) is 0 Å². The van der Waals surface area contributed by atoms with Crippen LogP contribution in [0.5, 0.6) is 0 Å². The number of anilines is 6. The number of pyridine rings is 2. The molecule has 6 amide bonds. The van der Waals surface area contributed by atoms with E-state index in [1.165, 1.54) is 0 Å². The summed E-state index contributed by atoms with van der Waals surface area (Å²) in [6.07, 6.45) is 11.0. The lowest BCUT2D eigenvalue weighted by Gasteiger charge is -2.31. The summed E-state index contributed by atoms with van der Waals surface area (Å²) in [6, 6.07) is 3.25. The van der Waals surface area contributed by atoms with Gasteiger partial charge in [-0.1, -0.05) is 0 Å². The van der Waals surface area contributed by atoms with Crippen molar-refractivity contribution < 1.29 is 44.7 Å². The molecule has 2 saturated heterocycles. The molecule has 3 aliphatic carbocycles. The molecule has 5 fully saturated rings. The van der Waals surface area contributed by atoms with Crippen LogP contribution in [0.3, 0.4) is 0 Å². The Morgan fingerprint density at radius 1 is 0.557 bits per heavy atom. The number of urea groups is 2. The third kappa shape index (κ3) is 11.7. The Morgan fingerprint density at radius 2 is 1.06 bits per heavy atom. The van der Waals surface area contributed by atoms with Crippen LogP contribution in [0.15, 0.2) is 61.7 Å². The molecule has 11 rings (SSSR count). The Kier molecular flexibility index (Phi) is 15.5. The minimum Gasteiger partial charge on any atom is -0.391 e. The number of carbonyl (C=O) groups is 4. The molecule has 79 heavy (non-hydrogen) atoms. The molecule has 13 N–H and O–H groups in total. The smallest absolute Gasteiger partial charge is 0.319 e. The predicted molar refractivity (Wildman–Crippen MR) is 286 cm³/mol. The highest BCUT2D eigenvalue weighted by Crippen LogP contribution is 2.38. The monoisotopic (exact) mass is 1090 g/mol. The molecule has 5 aliphatic rings. The first-order valence-electron chi connectivity index (χ1n) is 26.7. The molecule has 1 unspecified atom stereocenters. The second kappa shape index (κ2) is 23.1. The molecule has 0 radical (unpaired) electrons. The topological polar surface area (TPSA) is 385 Å². The Hall–Kier alpha value is -8.12. The number of aliphatic hydroxyl groups excluding tert-OH is 5. The van der Waals surface area contributed by atoms with E-state index in [4.69, 9.17) is 29.9 Å². The van der Waals surface area contributed by atoms with Gasteiger partial charge in [-0.25, -0.2) is 19.6 Å². The average molecular weight is 1090 g/mol. The fourth-order valence-corrected chi connectivity index (χ4v) is 11.6. The molecule has 0 bridgehead atoms. The molecule has 6 aromatic rings. The maximum atomic E-state index is 13.0. The van der Waals surface area contributed by atoms with Gasteiger partial charge in [-0.15, -0.1) is 0 Å². The number of rotatable bonds is 16. The average Bonchev–Trinajstić information content (AvgIpc) is 4.54. The van der Waals surface area contributed by atoms with Gasteiger partial charge in [-0.05, 0) is 82.1 Å². The van der Waals surface area contributed by atoms with Crippen molar-refractivity contribution in [2.75, 3.05) is 70.5 Å². The fraction of sp³-hybridized carbons (Fsp3) is 0.520. The van der Waals surface area contributed by atoms with E-state index in [9.17, 15) is 44.7 Å². The molecular weight excluding hydrogens is 1020 g/mol. The van der Waals surface area contributed by atoms with E-state index in [2.05, 4.69) is 52.5 Å². The molecule has 0 aromatic carbocycles. The summed E-state index contributed by atoms with van der Waals surface area (Å²) in [6.45, 7) is 0.477. The zero-order chi connectivity index (χ0) is 54.7. The normalized spacial score (nSPS) is 26.8. The zero-order valence-corrected chi connectivity index (χ0v) is 43.0. The number of nitrogens with zero attached hydrogens (tertiary/aromatic N) is 12. The van der Waals surface area contributed by atoms with Gasteiger partial charge in [-0.3, -0.25) is 19.6 Å². The third-order valence-corrected chi connectivity index (χ3v) is 15.5. The number of imidazole rings is 2. The highest BCUT2D eigenvalue weighted by molar-refractivity contribution is 5.90. The van der Waals surface area contributed by atoms with E-state index < -0.39 is 61.5 Å². The molecule has 9 atom stereocenters. The molecule has 418 valence electrons. The number of aliphatic hydroxyl groups is 5. The zero-order valence-electron chi connectivity index (χ0n) is 43.0. The molecule has 0 spiro atoms. The highest BCUT2D eigenvalue weighted by atomic mass is 16.3. The Labute approximate surface area is 451 Å². The highest BCUT2D eigenvalue weighted by Gasteiger charge is 2.44. The number of amides is 6. The van der Waals surface area contributed by atoms with Crippen LogP contribution in [0.1, 0.15) is 69.9 Å². The van der Waals surface area contributed by atoms with E-state index in [0.29, 0.717) is 128 Å². The van der Waals surface area contributed by atoms with E-state index >= 15 is 0 Å². The summed E-state index contributed by atoms with van der Waals surface area (Å²) in [4.78, 5) is 91.9. The molecular formula is C50H64N20O9. The summed E-state index contributed by atoms with van der Waals surface area (Å²) in [5.41, 5.74) is 2.95. The standard InChI is InChI=1S/C50H64N20O9/c71-22-37(74)55-32-15-34(36(73)16-32)69-24-53-39-43(63-47(65-45(39)69)67-13-9-30(20-67)60-49(78)58-28-3-1-11-51-18-28)56-26-5-7-27(8-6-26)57-44-40-46(70(25-54-40)35-17-33(41(76)42(35)77)62-38(75)23-72)66-48(64-44)68-14-10-31(21-68)61-50(79)59-29-4-2-12-52-19-29/h1-4,11-12,18-19,24-27,30-36,41-42,71-73,76-77H,5-10,13-17,20-23H2,(H,55,74)(H,62,75)(H,56,63,65)(H,57,64,66)(H2,58,60,78)(H2,59,61,79)/t26-,27-,30-,31?,32+,33+,34-,35-,36-,41-,42+/m1/s1. The van der Waals surface area contributed by atoms with Crippen molar-refractivity contribution in [2.45, 2.75) is 124 Å². The van der Waals surface area contributed by atoms with E-state index in [0.717, 1.165) is 0 Å². The van der Waals surface area contributed by atoms with E-state index in [1.54, 1.807) is 66.3 Å². The van der Waals surface area contributed by atoms with Crippen molar-refractivity contribution in [1.29, 1.82) is 0 Å². The Bertz CT molecular complexity index is 3150. The van der Waals surface area contributed by atoms with Crippen LogP contribution in [0, 0.1) is 0 Å². The first-order valence-corrected chi connectivity index (χ1v) is 26.7. The van der Waals surface area contributed by atoms with E-state index in [-0.39, 0.29) is 55.1 Å². The number of hydrogen-bond acceptors (Lipinski definition) is 21. The van der Waals surface area contributed by atoms with Gasteiger partial charge < -0.3 is 87.0 Å². The number of nitrogens with one attached hydrogen (secondary N) is 8. The fourth-order valence-electron chi connectivity index (χ4n) is 11.6. The Balaban J connectivity index is 0.816. The van der Waals surface area contributed by atoms with Crippen molar-refractivity contribution in [1.82, 2.24) is 70.3 Å². The van der Waals surface area contributed by atoms with Gasteiger partial charge in [0.05, 0.1) is 60.7 Å². The maximum absolute atomic E-state index is 13.0. The van der Waals surface area contributed by atoms with Gasteiger partial charge >= 0.3 is 12.1 Å². The number of hydrogen-bond donors (Lipinski definition) is 13. The van der Waals surface area contributed by atoms with Crippen LogP contribution in [0.25, 0.3) is 22.3 Å². The van der Waals surface area contributed by atoms with E-state index in [1.807, 2.05) is 14.4 Å². The van der Waals surface area contributed by atoms with Gasteiger partial charge in [-0.2, -0.15) is 19.9 Å². The number of fused-ring (bicyclic) bond motifs is 2. The molecule has 3 saturated carbocycles. The van der Waals surface area contributed by atoms with Gasteiger partial charge in [0.2, 0.25) is 23.7 Å². The Morgan fingerprint density at radius 3 is 1.56 bits per heavy atom. The lowest BCUT2D eigenvalue weighted by molar-refractivity contribution is -0.125. The number of carbonyl (C=O) groups excluding carboxylic acids is 4. The predicted octanol–water partition coefficient (Wildman–Crippen LogP) is -0.291. The van der Waals surface area contributed by atoms with Crippen molar-refractivity contribution >= 4 is 81.1 Å². The largest absolute Gasteiger partial charge is 0.391 e. The van der Waals surface area contributed by atoms with Crippen molar-refractivity contribution in [3.63, 3.8) is 0 Å². The van der Waals surface area contributed by atoms with Gasteiger partial charge in [0.1, 0.15) is 25.4 Å². The first kappa shape index (κ1) is 52.9. The molecule has 2 aliphatic heterocycles. The molecule has 8 heterocycles. The van der Waals surface area contributed by atoms with Crippen LogP contribution in [-0.4, -0.2) is 192 Å². The summed E-state index contributed by atoms with van der Waals surface area (Å²) >= 11 is 0. The summed E-state index contributed by atoms with van der Waals surface area (Å²) in [5, 5.41) is 76.8. The lowest BCUT2D eigenvalue weighted by Crippen LogP contribution is -2.44. The van der Waals surface area contributed by atoms with Gasteiger partial charge in [0.15, 0.2) is 34.0 Å². The maximum Gasteiger partial charge on any atom is 0.319 e. The third-order valence-electron chi connectivity index (χ3n) is 15.5. The van der Waals surface area contributed by atoms with Crippen LogP contribution in [-0.2, 0) is 9.59 Å².